The summed E-state index contributed by atoms with van der Waals surface area (Å²) < 4.78 is 0. The van der Waals surface area contributed by atoms with E-state index in [1.807, 2.05) is 13.0 Å². The zero-order valence-corrected chi connectivity index (χ0v) is 17.1. The molecule has 0 aromatic carbocycles. The summed E-state index contributed by atoms with van der Waals surface area (Å²) in [5.41, 5.74) is 1.53. The average Bonchev–Trinajstić information content (AvgIpc) is 2.87. The number of pyridine rings is 1. The smallest absolute Gasteiger partial charge is 0.224 e. The van der Waals surface area contributed by atoms with Gasteiger partial charge in [0.25, 0.3) is 0 Å². The van der Waals surface area contributed by atoms with Crippen molar-refractivity contribution in [3.63, 3.8) is 0 Å². The van der Waals surface area contributed by atoms with Crippen molar-refractivity contribution in [1.29, 1.82) is 0 Å². The topological polar surface area (TPSA) is 79.4 Å². The number of hydrogen-bond donors (Lipinski definition) is 1. The van der Waals surface area contributed by atoms with Gasteiger partial charge >= 0.3 is 0 Å². The van der Waals surface area contributed by atoms with Crippen molar-refractivity contribution in [2.75, 3.05) is 11.4 Å². The molecule has 2 atom stereocenters. The molecule has 2 aliphatic rings. The fourth-order valence-corrected chi connectivity index (χ4v) is 3.98. The van der Waals surface area contributed by atoms with E-state index in [-0.39, 0.29) is 29.3 Å². The highest BCUT2D eigenvalue weighted by molar-refractivity contribution is 6.01. The monoisotopic (exact) mass is 383 g/mol. The molecule has 0 saturated carbocycles. The van der Waals surface area contributed by atoms with E-state index in [1.165, 1.54) is 0 Å². The zero-order valence-electron chi connectivity index (χ0n) is 17.1. The number of hydrogen-bond acceptors (Lipinski definition) is 5. The van der Waals surface area contributed by atoms with E-state index >= 15 is 0 Å². The van der Waals surface area contributed by atoms with Crippen LogP contribution in [0.3, 0.4) is 0 Å². The lowest BCUT2D eigenvalue weighted by Gasteiger charge is -2.25. The minimum Gasteiger partial charge on any atom is -0.341 e. The maximum absolute atomic E-state index is 13.1. The molecule has 3 rings (SSSR count). The Balaban J connectivity index is 1.88. The highest BCUT2D eigenvalue weighted by Crippen LogP contribution is 2.45. The minimum atomic E-state index is -0.783. The molecule has 150 valence electrons. The third-order valence-electron chi connectivity index (χ3n) is 5.69. The van der Waals surface area contributed by atoms with E-state index in [0.29, 0.717) is 12.0 Å². The summed E-state index contributed by atoms with van der Waals surface area (Å²) in [6.45, 7) is 8.70. The minimum absolute atomic E-state index is 0.0731. The summed E-state index contributed by atoms with van der Waals surface area (Å²) >= 11 is 0. The van der Waals surface area contributed by atoms with Gasteiger partial charge in [0.05, 0.1) is 0 Å². The molecule has 1 amide bonds. The first-order valence-electron chi connectivity index (χ1n) is 10.0. The molecule has 1 aromatic rings. The Kier molecular flexibility index (Phi) is 5.68. The first-order chi connectivity index (χ1) is 13.2. The van der Waals surface area contributed by atoms with Crippen molar-refractivity contribution >= 4 is 23.3 Å². The molecule has 1 unspecified atom stereocenters. The van der Waals surface area contributed by atoms with Crippen LogP contribution in [0.5, 0.6) is 0 Å². The van der Waals surface area contributed by atoms with E-state index in [1.54, 1.807) is 25.3 Å². The molecule has 3 heterocycles. The number of rotatable bonds is 6. The second-order valence-corrected chi connectivity index (χ2v) is 8.47. The summed E-state index contributed by atoms with van der Waals surface area (Å²) in [6.07, 6.45) is 5.75. The summed E-state index contributed by atoms with van der Waals surface area (Å²) in [5.74, 6) is -0.104. The Bertz CT molecular complexity index is 828. The van der Waals surface area contributed by atoms with E-state index in [2.05, 4.69) is 29.0 Å². The van der Waals surface area contributed by atoms with Crippen molar-refractivity contribution < 1.29 is 14.4 Å². The van der Waals surface area contributed by atoms with Gasteiger partial charge in [-0.3, -0.25) is 14.4 Å². The lowest BCUT2D eigenvalue weighted by molar-refractivity contribution is -0.131. The number of fused-ring (bicyclic) bond motifs is 3. The van der Waals surface area contributed by atoms with Gasteiger partial charge in [-0.25, -0.2) is 4.98 Å². The number of nitrogens with zero attached hydrogens (tertiary/aromatic N) is 2. The standard InChI is InChI=1S/C22H29N3O3/c1-5-7-15(26)12-14(2)21(28)24-19-16-8-6-10-23-20(16)25-11-9-22(3,4)18(25)13-17(19)27/h6,8,10,13-14,19H,5,7,9,11-12H2,1-4H3,(H,24,28)/t14-,19?/m1/s1. The van der Waals surface area contributed by atoms with Crippen molar-refractivity contribution in [3.8, 4) is 0 Å². The van der Waals surface area contributed by atoms with Crippen LogP contribution in [0.4, 0.5) is 5.82 Å². The van der Waals surface area contributed by atoms with E-state index < -0.39 is 12.0 Å². The largest absolute Gasteiger partial charge is 0.341 e. The summed E-state index contributed by atoms with van der Waals surface area (Å²) in [5, 5.41) is 2.88. The van der Waals surface area contributed by atoms with Gasteiger partial charge in [0.2, 0.25) is 5.91 Å². The third-order valence-corrected chi connectivity index (χ3v) is 5.69. The number of carbonyl (C=O) groups excluding carboxylic acids is 3. The van der Waals surface area contributed by atoms with Gasteiger partial charge in [-0.05, 0) is 18.9 Å². The van der Waals surface area contributed by atoms with Crippen molar-refractivity contribution in [3.05, 3.63) is 35.7 Å². The van der Waals surface area contributed by atoms with Crippen LogP contribution in [-0.4, -0.2) is 29.0 Å². The van der Waals surface area contributed by atoms with Gasteiger partial charge in [0.1, 0.15) is 17.6 Å². The molecule has 1 saturated heterocycles. The molecule has 0 radical (unpaired) electrons. The molecule has 0 aliphatic carbocycles. The van der Waals surface area contributed by atoms with Gasteiger partial charge in [-0.2, -0.15) is 0 Å². The molecular formula is C22H29N3O3. The molecule has 1 fully saturated rings. The van der Waals surface area contributed by atoms with Crippen molar-refractivity contribution in [2.24, 2.45) is 11.3 Å². The Morgan fingerprint density at radius 2 is 2.14 bits per heavy atom. The normalized spacial score (nSPS) is 21.3. The molecule has 6 heteroatoms. The predicted molar refractivity (Wildman–Crippen MR) is 108 cm³/mol. The number of carbonyl (C=O) groups is 3. The van der Waals surface area contributed by atoms with Crippen LogP contribution in [0.15, 0.2) is 30.1 Å². The predicted octanol–water partition coefficient (Wildman–Crippen LogP) is 3.34. The molecule has 6 nitrogen and oxygen atoms in total. The number of nitrogens with one attached hydrogen (secondary N) is 1. The Morgan fingerprint density at radius 1 is 1.39 bits per heavy atom. The third kappa shape index (κ3) is 3.86. The fourth-order valence-electron chi connectivity index (χ4n) is 3.98. The van der Waals surface area contributed by atoms with Crippen LogP contribution >= 0.6 is 0 Å². The summed E-state index contributed by atoms with van der Waals surface area (Å²) in [7, 11) is 0. The Hall–Kier alpha value is -2.50. The zero-order chi connectivity index (χ0) is 20.5. The number of amides is 1. The number of aromatic nitrogens is 1. The number of allylic oxidation sites excluding steroid dienone is 1. The van der Waals surface area contributed by atoms with Crippen molar-refractivity contribution in [1.82, 2.24) is 10.3 Å². The van der Waals surface area contributed by atoms with Crippen LogP contribution in [0, 0.1) is 11.3 Å². The first-order valence-corrected chi connectivity index (χ1v) is 10.0. The molecule has 1 N–H and O–H groups in total. The second-order valence-electron chi connectivity index (χ2n) is 8.47. The maximum atomic E-state index is 13.1. The maximum Gasteiger partial charge on any atom is 0.224 e. The van der Waals surface area contributed by atoms with Gasteiger partial charge in [0, 0.05) is 54.3 Å². The van der Waals surface area contributed by atoms with Gasteiger partial charge < -0.3 is 10.2 Å². The van der Waals surface area contributed by atoms with E-state index in [9.17, 15) is 14.4 Å². The molecular weight excluding hydrogens is 354 g/mol. The molecule has 2 aliphatic heterocycles. The molecule has 28 heavy (non-hydrogen) atoms. The lowest BCUT2D eigenvalue weighted by Crippen LogP contribution is -2.37. The Labute approximate surface area is 166 Å². The van der Waals surface area contributed by atoms with Gasteiger partial charge in [0.15, 0.2) is 5.78 Å². The lowest BCUT2D eigenvalue weighted by atomic mass is 9.88. The van der Waals surface area contributed by atoms with Gasteiger partial charge in [-0.15, -0.1) is 0 Å². The molecule has 0 spiro atoms. The highest BCUT2D eigenvalue weighted by atomic mass is 16.2. The Morgan fingerprint density at radius 3 is 2.86 bits per heavy atom. The number of ketones is 2. The van der Waals surface area contributed by atoms with Crippen LogP contribution < -0.4 is 10.2 Å². The highest BCUT2D eigenvalue weighted by Gasteiger charge is 2.41. The molecule has 1 aromatic heterocycles. The molecule has 0 bridgehead atoms. The van der Waals surface area contributed by atoms with Crippen LogP contribution in [0.25, 0.3) is 0 Å². The van der Waals surface area contributed by atoms with Gasteiger partial charge in [-0.1, -0.05) is 33.8 Å². The quantitative estimate of drug-likeness (QED) is 0.815. The van der Waals surface area contributed by atoms with E-state index in [4.69, 9.17) is 0 Å². The summed E-state index contributed by atoms with van der Waals surface area (Å²) in [6, 6.07) is 2.85. The van der Waals surface area contributed by atoms with E-state index in [0.717, 1.165) is 30.9 Å². The number of anilines is 1. The second kappa shape index (κ2) is 7.86. The average molecular weight is 383 g/mol. The number of Topliss-reactive ketones (excluding diaryl/α,β-unsaturated/α-hetero) is 1. The van der Waals surface area contributed by atoms with Crippen molar-refractivity contribution in [2.45, 2.75) is 59.4 Å². The first kappa shape index (κ1) is 20.2. The SMILES string of the molecule is CCCC(=O)C[C@@H](C)C(=O)NC1C(=O)C=C2N(CCC2(C)C)c2ncccc21. The van der Waals surface area contributed by atoms with Crippen LogP contribution in [0.1, 0.15) is 65.0 Å². The summed E-state index contributed by atoms with van der Waals surface area (Å²) in [4.78, 5) is 44.3. The van der Waals surface area contributed by atoms with Crippen LogP contribution in [-0.2, 0) is 14.4 Å². The fraction of sp³-hybridized carbons (Fsp3) is 0.545. The van der Waals surface area contributed by atoms with Crippen LogP contribution in [0.2, 0.25) is 0 Å².